The van der Waals surface area contributed by atoms with Gasteiger partial charge in [-0.05, 0) is 25.8 Å². The van der Waals surface area contributed by atoms with Crippen LogP contribution >= 0.6 is 0 Å². The molecule has 0 saturated carbocycles. The summed E-state index contributed by atoms with van der Waals surface area (Å²) in [6.07, 6.45) is 5.79. The quantitative estimate of drug-likeness (QED) is 0.733. The number of ketones is 1. The highest BCUT2D eigenvalue weighted by Crippen LogP contribution is 2.29. The Labute approximate surface area is 152 Å². The summed E-state index contributed by atoms with van der Waals surface area (Å²) in [6, 6.07) is 2.90. The van der Waals surface area contributed by atoms with E-state index in [4.69, 9.17) is 5.26 Å². The maximum Gasteiger partial charge on any atom is 0.244 e. The Kier molecular flexibility index (Phi) is 4.89. The molecule has 1 atom stereocenters. The van der Waals surface area contributed by atoms with Gasteiger partial charge in [-0.3, -0.25) is 14.5 Å². The van der Waals surface area contributed by atoms with Crippen LogP contribution in [0.1, 0.15) is 40.9 Å². The van der Waals surface area contributed by atoms with Gasteiger partial charge in [0.2, 0.25) is 10.0 Å². The zero-order valence-electron chi connectivity index (χ0n) is 14.6. The van der Waals surface area contributed by atoms with E-state index in [9.17, 15) is 13.2 Å². The van der Waals surface area contributed by atoms with E-state index >= 15 is 0 Å². The Hall–Kier alpha value is -2.57. The van der Waals surface area contributed by atoms with Crippen molar-refractivity contribution >= 4 is 15.8 Å². The lowest BCUT2D eigenvalue weighted by atomic mass is 10.1. The first-order chi connectivity index (χ1) is 12.3. The summed E-state index contributed by atoms with van der Waals surface area (Å²) in [7, 11) is -2.09. The second-order valence-corrected chi connectivity index (χ2v) is 8.25. The van der Waals surface area contributed by atoms with Crippen molar-refractivity contribution in [3.63, 3.8) is 0 Å². The molecule has 0 spiro atoms. The summed E-state index contributed by atoms with van der Waals surface area (Å²) < 4.78 is 28.9. The van der Waals surface area contributed by atoms with E-state index in [1.807, 2.05) is 6.07 Å². The van der Waals surface area contributed by atoms with Crippen molar-refractivity contribution < 1.29 is 13.2 Å². The van der Waals surface area contributed by atoms with Gasteiger partial charge in [0.15, 0.2) is 5.78 Å². The van der Waals surface area contributed by atoms with Gasteiger partial charge >= 0.3 is 0 Å². The molecule has 0 bridgehead atoms. The van der Waals surface area contributed by atoms with E-state index in [0.29, 0.717) is 30.6 Å². The zero-order valence-corrected chi connectivity index (χ0v) is 15.4. The van der Waals surface area contributed by atoms with Crippen LogP contribution < -0.4 is 0 Å². The predicted octanol–water partition coefficient (Wildman–Crippen LogP) is 1.42. The molecular weight excluding hydrogens is 354 g/mol. The number of pyridine rings is 1. The lowest BCUT2D eigenvalue weighted by Crippen LogP contribution is -2.37. The summed E-state index contributed by atoms with van der Waals surface area (Å²) in [6.45, 7) is 2.00. The van der Waals surface area contributed by atoms with Crippen molar-refractivity contribution in [3.05, 3.63) is 41.5 Å². The molecule has 0 amide bonds. The molecule has 1 aliphatic heterocycles. The molecule has 26 heavy (non-hydrogen) atoms. The van der Waals surface area contributed by atoms with Gasteiger partial charge in [-0.1, -0.05) is 0 Å². The number of rotatable bonds is 5. The maximum absolute atomic E-state index is 13.0. The number of carbonyl (C=O) groups is 1. The van der Waals surface area contributed by atoms with Gasteiger partial charge in [-0.15, -0.1) is 0 Å². The predicted molar refractivity (Wildman–Crippen MR) is 92.8 cm³/mol. The standard InChI is InChI=1S/C17H19N5O3S/c1-12-13(8-18)6-16(10-19-12)26(24,25)22-5-3-4-15(22)7-17(23)14-9-20-21(2)11-14/h6,9-11,15H,3-5,7H2,1-2H3. The molecule has 1 fully saturated rings. The van der Waals surface area contributed by atoms with Crippen molar-refractivity contribution in [2.24, 2.45) is 7.05 Å². The Morgan fingerprint density at radius 3 is 2.85 bits per heavy atom. The number of Topliss-reactive ketones (excluding diaryl/α,β-unsaturated/α-hetero) is 1. The Balaban J connectivity index is 1.85. The van der Waals surface area contributed by atoms with E-state index in [1.54, 1.807) is 20.2 Å². The van der Waals surface area contributed by atoms with Crippen molar-refractivity contribution in [2.45, 2.75) is 37.1 Å². The first-order valence-corrected chi connectivity index (χ1v) is 9.67. The average molecular weight is 373 g/mol. The molecule has 1 unspecified atom stereocenters. The van der Waals surface area contributed by atoms with Gasteiger partial charge in [-0.25, -0.2) is 8.42 Å². The van der Waals surface area contributed by atoms with Crippen molar-refractivity contribution in [2.75, 3.05) is 6.54 Å². The minimum absolute atomic E-state index is 0.0135. The van der Waals surface area contributed by atoms with Gasteiger partial charge in [0.05, 0.1) is 23.0 Å². The Morgan fingerprint density at radius 1 is 1.42 bits per heavy atom. The van der Waals surface area contributed by atoms with E-state index in [0.717, 1.165) is 0 Å². The third-order valence-corrected chi connectivity index (χ3v) is 6.48. The zero-order chi connectivity index (χ0) is 18.9. The fraction of sp³-hybridized carbons (Fsp3) is 0.412. The van der Waals surface area contributed by atoms with Crippen molar-refractivity contribution in [3.8, 4) is 6.07 Å². The summed E-state index contributed by atoms with van der Waals surface area (Å²) in [5.41, 5.74) is 1.19. The van der Waals surface area contributed by atoms with Gasteiger partial charge in [0.25, 0.3) is 0 Å². The number of hydrogen-bond donors (Lipinski definition) is 0. The SMILES string of the molecule is Cc1ncc(S(=O)(=O)N2CCCC2CC(=O)c2cnn(C)c2)cc1C#N. The van der Waals surface area contributed by atoms with Crippen LogP contribution in [0.5, 0.6) is 0 Å². The highest BCUT2D eigenvalue weighted by molar-refractivity contribution is 7.89. The number of carbonyl (C=O) groups excluding carboxylic acids is 1. The fourth-order valence-electron chi connectivity index (χ4n) is 3.13. The number of sulfonamides is 1. The molecule has 1 saturated heterocycles. The van der Waals surface area contributed by atoms with Gasteiger partial charge < -0.3 is 0 Å². The molecule has 0 N–H and O–H groups in total. The summed E-state index contributed by atoms with van der Waals surface area (Å²) in [4.78, 5) is 16.4. The number of nitrogens with zero attached hydrogens (tertiary/aromatic N) is 5. The first kappa shape index (κ1) is 18.2. The van der Waals surface area contributed by atoms with Crippen LogP contribution in [-0.4, -0.2) is 45.9 Å². The summed E-state index contributed by atoms with van der Waals surface area (Å²) in [5, 5.41) is 13.1. The van der Waals surface area contributed by atoms with Crippen LogP contribution in [0.3, 0.4) is 0 Å². The summed E-state index contributed by atoms with van der Waals surface area (Å²) >= 11 is 0. The second kappa shape index (κ2) is 6.97. The molecule has 136 valence electrons. The minimum atomic E-state index is -3.81. The molecule has 2 aromatic rings. The normalized spacial score (nSPS) is 18.0. The van der Waals surface area contributed by atoms with Crippen LogP contribution in [0.15, 0.2) is 29.6 Å². The molecular formula is C17H19N5O3S. The number of aromatic nitrogens is 3. The molecule has 0 radical (unpaired) electrons. The van der Waals surface area contributed by atoms with E-state index in [2.05, 4.69) is 10.1 Å². The van der Waals surface area contributed by atoms with Gasteiger partial charge in [-0.2, -0.15) is 14.7 Å². The molecule has 1 aliphatic rings. The third kappa shape index (κ3) is 3.38. The molecule has 8 nitrogen and oxygen atoms in total. The van der Waals surface area contributed by atoms with E-state index in [1.165, 1.54) is 27.4 Å². The van der Waals surface area contributed by atoms with Crippen LogP contribution in [0.2, 0.25) is 0 Å². The molecule has 0 aromatic carbocycles. The Morgan fingerprint density at radius 2 is 2.19 bits per heavy atom. The monoisotopic (exact) mass is 373 g/mol. The lowest BCUT2D eigenvalue weighted by Gasteiger charge is -2.23. The molecule has 3 rings (SSSR count). The fourth-order valence-corrected chi connectivity index (χ4v) is 4.80. The van der Waals surface area contributed by atoms with Gasteiger partial charge in [0.1, 0.15) is 11.0 Å². The van der Waals surface area contributed by atoms with Crippen LogP contribution in [0.4, 0.5) is 0 Å². The largest absolute Gasteiger partial charge is 0.294 e. The number of hydrogen-bond acceptors (Lipinski definition) is 6. The Bertz CT molecular complexity index is 990. The third-order valence-electron chi connectivity index (χ3n) is 4.56. The van der Waals surface area contributed by atoms with E-state index < -0.39 is 16.1 Å². The van der Waals surface area contributed by atoms with Crippen LogP contribution in [0.25, 0.3) is 0 Å². The average Bonchev–Trinajstić information content (AvgIpc) is 3.24. The highest BCUT2D eigenvalue weighted by atomic mass is 32.2. The molecule has 9 heteroatoms. The molecule has 0 aliphatic carbocycles. The van der Waals surface area contributed by atoms with Crippen molar-refractivity contribution in [1.29, 1.82) is 5.26 Å². The highest BCUT2D eigenvalue weighted by Gasteiger charge is 2.37. The van der Waals surface area contributed by atoms with E-state index in [-0.39, 0.29) is 22.7 Å². The first-order valence-electron chi connectivity index (χ1n) is 8.23. The molecule has 3 heterocycles. The molecule has 2 aromatic heterocycles. The van der Waals surface area contributed by atoms with Crippen LogP contribution in [-0.2, 0) is 17.1 Å². The van der Waals surface area contributed by atoms with Gasteiger partial charge in [0, 0.05) is 38.4 Å². The van der Waals surface area contributed by atoms with Crippen molar-refractivity contribution in [1.82, 2.24) is 19.1 Å². The topological polar surface area (TPSA) is 109 Å². The number of aryl methyl sites for hydroxylation is 2. The smallest absolute Gasteiger partial charge is 0.244 e. The second-order valence-electron chi connectivity index (χ2n) is 6.36. The summed E-state index contributed by atoms with van der Waals surface area (Å²) in [5.74, 6) is -0.134. The lowest BCUT2D eigenvalue weighted by molar-refractivity contribution is 0.0961. The maximum atomic E-state index is 13.0. The minimum Gasteiger partial charge on any atom is -0.294 e. The number of nitriles is 1. The van der Waals surface area contributed by atoms with Crippen LogP contribution in [0, 0.1) is 18.3 Å².